The summed E-state index contributed by atoms with van der Waals surface area (Å²) in [5.74, 6) is 0.236. The molecule has 1 amide bonds. The average molecular weight is 392 g/mol. The topological polar surface area (TPSA) is 59.0 Å². The highest BCUT2D eigenvalue weighted by Gasteiger charge is 2.51. The first-order valence-electron chi connectivity index (χ1n) is 10.3. The van der Waals surface area contributed by atoms with E-state index < -0.39 is 5.60 Å². The number of ketones is 1. The standard InChI is InChI=1S/C24H28N2O3/c1-23(2,3)29-22(28)26-13-10-24(11-14-26)16-18(21(24)27)15-17-7-4-5-8-19(17)20-9-6-12-25-20/h4-5,7-9,12,15H,6,10-11,13-14,16H2,1-3H3/b18-15+. The second kappa shape index (κ2) is 7.29. The Morgan fingerprint density at radius 2 is 1.93 bits per heavy atom. The molecule has 5 heteroatoms. The van der Waals surface area contributed by atoms with Crippen LogP contribution < -0.4 is 0 Å². The van der Waals surface area contributed by atoms with Gasteiger partial charge in [-0.25, -0.2) is 4.79 Å². The Morgan fingerprint density at radius 3 is 2.55 bits per heavy atom. The molecule has 0 N–H and O–H groups in total. The number of hydrogen-bond acceptors (Lipinski definition) is 4. The fourth-order valence-corrected chi connectivity index (χ4v) is 4.31. The lowest BCUT2D eigenvalue weighted by atomic mass is 9.59. The molecule has 29 heavy (non-hydrogen) atoms. The molecule has 2 heterocycles. The Morgan fingerprint density at radius 1 is 1.21 bits per heavy atom. The Balaban J connectivity index is 1.43. The number of aliphatic imine (C=N–C) groups is 1. The van der Waals surface area contributed by atoms with Crippen LogP contribution in [0.2, 0.25) is 0 Å². The lowest BCUT2D eigenvalue weighted by molar-refractivity contribution is -0.134. The van der Waals surface area contributed by atoms with Gasteiger partial charge in [0.25, 0.3) is 0 Å². The molecule has 152 valence electrons. The number of benzene rings is 1. The Bertz CT molecular complexity index is 926. The normalized spacial score (nSPS) is 22.0. The van der Waals surface area contributed by atoms with Crippen LogP contribution in [-0.2, 0) is 9.53 Å². The number of allylic oxidation sites excluding steroid dienone is 2. The monoisotopic (exact) mass is 392 g/mol. The number of rotatable bonds is 2. The van der Waals surface area contributed by atoms with Crippen LogP contribution in [0.25, 0.3) is 11.8 Å². The summed E-state index contributed by atoms with van der Waals surface area (Å²) >= 11 is 0. The number of hydrogen-bond donors (Lipinski definition) is 0. The van der Waals surface area contributed by atoms with Crippen LogP contribution in [0, 0.1) is 5.41 Å². The smallest absolute Gasteiger partial charge is 0.410 e. The first-order valence-corrected chi connectivity index (χ1v) is 10.3. The number of nitrogens with zero attached hydrogens (tertiary/aromatic N) is 2. The molecule has 1 spiro atoms. The first-order chi connectivity index (χ1) is 13.8. The third kappa shape index (κ3) is 3.91. The zero-order valence-corrected chi connectivity index (χ0v) is 17.4. The van der Waals surface area contributed by atoms with E-state index in [1.54, 1.807) is 4.90 Å². The second-order valence-corrected chi connectivity index (χ2v) is 9.15. The van der Waals surface area contributed by atoms with Crippen molar-refractivity contribution in [3.8, 4) is 0 Å². The third-order valence-corrected chi connectivity index (χ3v) is 5.89. The van der Waals surface area contributed by atoms with Gasteiger partial charge in [0.15, 0.2) is 5.78 Å². The molecule has 1 saturated carbocycles. The summed E-state index contributed by atoms with van der Waals surface area (Å²) in [6.07, 6.45) is 8.81. The summed E-state index contributed by atoms with van der Waals surface area (Å²) < 4.78 is 5.46. The molecule has 0 atom stereocenters. The van der Waals surface area contributed by atoms with Crippen LogP contribution >= 0.6 is 0 Å². The second-order valence-electron chi connectivity index (χ2n) is 9.15. The lowest BCUT2D eigenvalue weighted by Gasteiger charge is -2.47. The van der Waals surface area contributed by atoms with E-state index >= 15 is 0 Å². The van der Waals surface area contributed by atoms with Gasteiger partial charge < -0.3 is 9.64 Å². The first kappa shape index (κ1) is 19.6. The zero-order chi connectivity index (χ0) is 20.6. The highest BCUT2D eigenvalue weighted by molar-refractivity contribution is 6.10. The Hall–Kier alpha value is -2.69. The predicted molar refractivity (Wildman–Crippen MR) is 115 cm³/mol. The van der Waals surface area contributed by atoms with Gasteiger partial charge in [0.05, 0.1) is 5.70 Å². The van der Waals surface area contributed by atoms with Gasteiger partial charge in [-0.05, 0) is 57.2 Å². The minimum Gasteiger partial charge on any atom is -0.444 e. The van der Waals surface area contributed by atoms with E-state index in [9.17, 15) is 9.59 Å². The number of Topliss-reactive ketones (excluding diaryl/α,β-unsaturated/α-hetero) is 1. The SMILES string of the molecule is CC(C)(C)OC(=O)N1CCC2(CC1)C/C(=C\c1ccccc1C1=CCC=N1)C2=O. The van der Waals surface area contributed by atoms with Crippen LogP contribution in [0.1, 0.15) is 57.6 Å². The summed E-state index contributed by atoms with van der Waals surface area (Å²) in [5.41, 5.74) is 3.17. The summed E-state index contributed by atoms with van der Waals surface area (Å²) in [6.45, 7) is 6.76. The molecule has 3 aliphatic rings. The maximum Gasteiger partial charge on any atom is 0.410 e. The van der Waals surface area contributed by atoms with E-state index in [2.05, 4.69) is 17.1 Å². The molecule has 0 aromatic heterocycles. The van der Waals surface area contributed by atoms with Crippen LogP contribution in [0.4, 0.5) is 4.79 Å². The summed E-state index contributed by atoms with van der Waals surface area (Å²) in [6, 6.07) is 8.09. The lowest BCUT2D eigenvalue weighted by Crippen LogP contribution is -2.52. The highest BCUT2D eigenvalue weighted by atomic mass is 16.6. The summed E-state index contributed by atoms with van der Waals surface area (Å²) in [4.78, 5) is 31.5. The van der Waals surface area contributed by atoms with E-state index in [1.165, 1.54) is 0 Å². The van der Waals surface area contributed by atoms with Crippen LogP contribution in [0.15, 0.2) is 40.9 Å². The van der Waals surface area contributed by atoms with Gasteiger partial charge >= 0.3 is 6.09 Å². The molecule has 2 aliphatic heterocycles. The van der Waals surface area contributed by atoms with Crippen LogP contribution in [-0.4, -0.2) is 41.7 Å². The number of amides is 1. The predicted octanol–water partition coefficient (Wildman–Crippen LogP) is 4.88. The molecule has 4 rings (SSSR count). The van der Waals surface area contributed by atoms with Crippen molar-refractivity contribution < 1.29 is 14.3 Å². The van der Waals surface area contributed by atoms with Gasteiger partial charge in [0, 0.05) is 36.7 Å². The fraction of sp³-hybridized carbons (Fsp3) is 0.458. The molecule has 0 bridgehead atoms. The molecular weight excluding hydrogens is 364 g/mol. The molecule has 2 fully saturated rings. The largest absolute Gasteiger partial charge is 0.444 e. The van der Waals surface area contributed by atoms with Crippen molar-refractivity contribution >= 4 is 29.9 Å². The minimum atomic E-state index is -0.499. The minimum absolute atomic E-state index is 0.236. The van der Waals surface area contributed by atoms with Crippen molar-refractivity contribution in [2.75, 3.05) is 13.1 Å². The van der Waals surface area contributed by atoms with Crippen LogP contribution in [0.3, 0.4) is 0 Å². The molecule has 1 aromatic rings. The van der Waals surface area contributed by atoms with Gasteiger partial charge in [-0.2, -0.15) is 0 Å². The van der Waals surface area contributed by atoms with Crippen molar-refractivity contribution in [2.45, 2.75) is 52.1 Å². The summed E-state index contributed by atoms with van der Waals surface area (Å²) in [7, 11) is 0. The molecule has 0 radical (unpaired) electrons. The molecular formula is C24H28N2O3. The van der Waals surface area contributed by atoms with Gasteiger partial charge in [-0.1, -0.05) is 30.3 Å². The van der Waals surface area contributed by atoms with Gasteiger partial charge in [0.2, 0.25) is 0 Å². The van der Waals surface area contributed by atoms with Crippen molar-refractivity contribution in [1.29, 1.82) is 0 Å². The highest BCUT2D eigenvalue weighted by Crippen LogP contribution is 2.50. The average Bonchev–Trinajstić information content (AvgIpc) is 3.21. The molecule has 0 unspecified atom stereocenters. The quantitative estimate of drug-likeness (QED) is 0.674. The van der Waals surface area contributed by atoms with E-state index in [4.69, 9.17) is 4.74 Å². The van der Waals surface area contributed by atoms with E-state index in [0.717, 1.165) is 35.2 Å². The molecule has 5 nitrogen and oxygen atoms in total. The van der Waals surface area contributed by atoms with Crippen molar-refractivity contribution in [3.63, 3.8) is 0 Å². The number of carbonyl (C=O) groups is 2. The Labute approximate surface area is 172 Å². The maximum atomic E-state index is 13.0. The zero-order valence-electron chi connectivity index (χ0n) is 17.4. The number of ether oxygens (including phenoxy) is 1. The van der Waals surface area contributed by atoms with E-state index in [1.807, 2.05) is 51.3 Å². The van der Waals surface area contributed by atoms with Gasteiger partial charge in [0.1, 0.15) is 5.60 Å². The van der Waals surface area contributed by atoms with Crippen LogP contribution in [0.5, 0.6) is 0 Å². The fourth-order valence-electron chi connectivity index (χ4n) is 4.31. The summed E-state index contributed by atoms with van der Waals surface area (Å²) in [5, 5.41) is 0. The molecule has 1 aromatic carbocycles. The number of likely N-dealkylation sites (tertiary alicyclic amines) is 1. The van der Waals surface area contributed by atoms with E-state index in [-0.39, 0.29) is 17.3 Å². The molecule has 1 aliphatic carbocycles. The molecule has 1 saturated heterocycles. The van der Waals surface area contributed by atoms with Gasteiger partial charge in [-0.15, -0.1) is 0 Å². The van der Waals surface area contributed by atoms with Crippen molar-refractivity contribution in [3.05, 3.63) is 47.0 Å². The number of carbonyl (C=O) groups excluding carboxylic acids is 2. The number of piperidine rings is 1. The van der Waals surface area contributed by atoms with E-state index in [0.29, 0.717) is 25.9 Å². The Kier molecular flexibility index (Phi) is 4.93. The van der Waals surface area contributed by atoms with Crippen molar-refractivity contribution in [2.24, 2.45) is 10.4 Å². The van der Waals surface area contributed by atoms with Crippen molar-refractivity contribution in [1.82, 2.24) is 4.90 Å². The van der Waals surface area contributed by atoms with Gasteiger partial charge in [-0.3, -0.25) is 9.79 Å². The maximum absolute atomic E-state index is 13.0. The third-order valence-electron chi connectivity index (χ3n) is 5.89.